The van der Waals surface area contributed by atoms with Crippen molar-refractivity contribution in [3.8, 4) is 0 Å². The molecule has 0 aromatic carbocycles. The Morgan fingerprint density at radius 3 is 2.88 bits per heavy atom. The second-order valence-corrected chi connectivity index (χ2v) is 8.78. The Balaban J connectivity index is 1.75. The van der Waals surface area contributed by atoms with E-state index in [2.05, 4.69) is 10.3 Å². The number of ether oxygens (including phenoxy) is 1. The van der Waals surface area contributed by atoms with Gasteiger partial charge in [0.15, 0.2) is 0 Å². The molecule has 8 nitrogen and oxygen atoms in total. The Labute approximate surface area is 148 Å². The predicted octanol–water partition coefficient (Wildman–Crippen LogP) is 0.554. The summed E-state index contributed by atoms with van der Waals surface area (Å²) in [5, 5.41) is 2.89. The van der Waals surface area contributed by atoms with Crippen LogP contribution in [0.3, 0.4) is 0 Å². The van der Waals surface area contributed by atoms with Gasteiger partial charge in [-0.15, -0.1) is 0 Å². The number of rotatable bonds is 4. The van der Waals surface area contributed by atoms with Crippen molar-refractivity contribution in [3.05, 3.63) is 24.5 Å². The number of anilines is 1. The summed E-state index contributed by atoms with van der Waals surface area (Å²) in [6, 6.07) is 3.54. The lowest BCUT2D eigenvalue weighted by atomic mass is 9.79. The fourth-order valence-corrected chi connectivity index (χ4v) is 4.68. The van der Waals surface area contributed by atoms with Crippen LogP contribution in [-0.2, 0) is 19.7 Å². The van der Waals surface area contributed by atoms with Crippen molar-refractivity contribution >= 4 is 21.8 Å². The van der Waals surface area contributed by atoms with E-state index >= 15 is 0 Å². The zero-order valence-electron chi connectivity index (χ0n) is 14.5. The Hall–Kier alpha value is -1.55. The van der Waals surface area contributed by atoms with Crippen LogP contribution in [0.4, 0.5) is 5.69 Å². The van der Waals surface area contributed by atoms with Crippen LogP contribution in [-0.4, -0.2) is 67.8 Å². The third-order valence-electron chi connectivity index (χ3n) is 4.89. The van der Waals surface area contributed by atoms with Gasteiger partial charge in [-0.2, -0.15) is 17.0 Å². The summed E-state index contributed by atoms with van der Waals surface area (Å²) in [5.41, 5.74) is 0.643. The Kier molecular flexibility index (Phi) is 5.38. The molecule has 0 aliphatic carbocycles. The van der Waals surface area contributed by atoms with Gasteiger partial charge in [0.1, 0.15) is 0 Å². The molecule has 3 rings (SSSR count). The molecule has 1 aromatic heterocycles. The Morgan fingerprint density at radius 1 is 1.40 bits per heavy atom. The van der Waals surface area contributed by atoms with E-state index in [4.69, 9.17) is 4.74 Å². The van der Waals surface area contributed by atoms with E-state index in [1.165, 1.54) is 22.7 Å². The zero-order chi connectivity index (χ0) is 18.0. The van der Waals surface area contributed by atoms with Crippen LogP contribution in [0.25, 0.3) is 0 Å². The summed E-state index contributed by atoms with van der Waals surface area (Å²) in [7, 11) is -0.451. The highest BCUT2D eigenvalue weighted by molar-refractivity contribution is 7.86. The maximum atomic E-state index is 12.7. The molecule has 0 unspecified atom stereocenters. The molecule has 3 atom stereocenters. The molecular formula is C16H24N4O4S. The normalized spacial score (nSPS) is 27.7. The Bertz CT molecular complexity index is 710. The summed E-state index contributed by atoms with van der Waals surface area (Å²) in [6.45, 7) is 1.24. The van der Waals surface area contributed by atoms with Gasteiger partial charge in [-0.25, -0.2) is 0 Å². The highest BCUT2D eigenvalue weighted by Crippen LogP contribution is 2.35. The molecule has 3 heterocycles. The van der Waals surface area contributed by atoms with Gasteiger partial charge in [0, 0.05) is 51.8 Å². The van der Waals surface area contributed by atoms with Gasteiger partial charge in [-0.3, -0.25) is 9.78 Å². The fourth-order valence-electron chi connectivity index (χ4n) is 3.52. The first-order chi connectivity index (χ1) is 11.9. The highest BCUT2D eigenvalue weighted by atomic mass is 32.2. The lowest BCUT2D eigenvalue weighted by Gasteiger charge is -2.44. The topological polar surface area (TPSA) is 91.8 Å². The van der Waals surface area contributed by atoms with Crippen molar-refractivity contribution in [1.29, 1.82) is 0 Å². The highest BCUT2D eigenvalue weighted by Gasteiger charge is 2.44. The molecule has 1 N–H and O–H groups in total. The van der Waals surface area contributed by atoms with Gasteiger partial charge in [0.05, 0.1) is 18.0 Å². The quantitative estimate of drug-likeness (QED) is 0.838. The van der Waals surface area contributed by atoms with Crippen LogP contribution >= 0.6 is 0 Å². The summed E-state index contributed by atoms with van der Waals surface area (Å²) in [5.74, 6) is -0.525. The summed E-state index contributed by atoms with van der Waals surface area (Å²) in [6.07, 6.45) is 4.35. The van der Waals surface area contributed by atoms with E-state index in [1.54, 1.807) is 24.5 Å². The molecule has 2 saturated heterocycles. The second kappa shape index (κ2) is 7.36. The number of fused-ring (bicyclic) bond motifs is 1. The smallest absolute Gasteiger partial charge is 0.281 e. The summed E-state index contributed by atoms with van der Waals surface area (Å²) < 4.78 is 33.3. The molecule has 2 aliphatic rings. The Morgan fingerprint density at radius 2 is 2.20 bits per heavy atom. The van der Waals surface area contributed by atoms with E-state index in [0.29, 0.717) is 38.2 Å². The van der Waals surface area contributed by atoms with Crippen LogP contribution in [0.15, 0.2) is 24.5 Å². The van der Waals surface area contributed by atoms with Crippen molar-refractivity contribution in [2.75, 3.05) is 39.1 Å². The van der Waals surface area contributed by atoms with Gasteiger partial charge in [-0.05, 0) is 25.0 Å². The van der Waals surface area contributed by atoms with Crippen LogP contribution < -0.4 is 5.32 Å². The number of nitrogens with zero attached hydrogens (tertiary/aromatic N) is 3. The number of nitrogens with one attached hydrogen (secondary N) is 1. The van der Waals surface area contributed by atoms with Crippen molar-refractivity contribution in [2.24, 2.45) is 11.8 Å². The molecule has 138 valence electrons. The van der Waals surface area contributed by atoms with Gasteiger partial charge in [-0.1, -0.05) is 0 Å². The van der Waals surface area contributed by atoms with E-state index in [0.717, 1.165) is 0 Å². The van der Waals surface area contributed by atoms with Gasteiger partial charge in [0.25, 0.3) is 10.2 Å². The molecule has 1 aromatic rings. The number of carbonyl (C=O) groups excluding carboxylic acids is 1. The summed E-state index contributed by atoms with van der Waals surface area (Å²) >= 11 is 0. The number of hydrogen-bond donors (Lipinski definition) is 1. The predicted molar refractivity (Wildman–Crippen MR) is 93.0 cm³/mol. The molecule has 0 spiro atoms. The minimum absolute atomic E-state index is 0.0768. The molecule has 9 heteroatoms. The zero-order valence-corrected chi connectivity index (χ0v) is 15.3. The van der Waals surface area contributed by atoms with Crippen molar-refractivity contribution in [1.82, 2.24) is 13.6 Å². The fraction of sp³-hybridized carbons (Fsp3) is 0.625. The van der Waals surface area contributed by atoms with Gasteiger partial charge in [0.2, 0.25) is 5.91 Å². The maximum absolute atomic E-state index is 12.7. The number of hydrogen-bond acceptors (Lipinski definition) is 5. The number of piperidine rings is 1. The SMILES string of the molecule is CN(C)S(=O)(=O)N1CC[C@H]2OCC[C@@H](C(=O)Nc3cccnc3)[C@@H]2C1. The number of amides is 1. The molecule has 0 radical (unpaired) electrons. The first kappa shape index (κ1) is 18.2. The maximum Gasteiger partial charge on any atom is 0.281 e. The number of aromatic nitrogens is 1. The van der Waals surface area contributed by atoms with E-state index < -0.39 is 10.2 Å². The van der Waals surface area contributed by atoms with E-state index in [1.807, 2.05) is 0 Å². The first-order valence-electron chi connectivity index (χ1n) is 8.39. The lowest BCUT2D eigenvalue weighted by molar-refractivity contribution is -0.134. The average molecular weight is 368 g/mol. The van der Waals surface area contributed by atoms with Crippen LogP contribution in [0.5, 0.6) is 0 Å². The third kappa shape index (κ3) is 3.84. The minimum Gasteiger partial charge on any atom is -0.378 e. The standard InChI is InChI=1S/C16H24N4O4S/c1-19(2)25(22,23)20-8-5-15-14(11-20)13(6-9-24-15)16(21)18-12-4-3-7-17-10-12/h3-4,7,10,13-15H,5-6,8-9,11H2,1-2H3,(H,18,21)/t13-,14+,15-/m1/s1. The molecule has 1 amide bonds. The van der Waals surface area contributed by atoms with Crippen molar-refractivity contribution in [3.63, 3.8) is 0 Å². The van der Waals surface area contributed by atoms with Crippen molar-refractivity contribution < 1.29 is 17.9 Å². The summed E-state index contributed by atoms with van der Waals surface area (Å²) in [4.78, 5) is 16.7. The molecule has 2 aliphatic heterocycles. The van der Waals surface area contributed by atoms with Crippen LogP contribution in [0.2, 0.25) is 0 Å². The van der Waals surface area contributed by atoms with E-state index in [-0.39, 0.29) is 23.8 Å². The molecular weight excluding hydrogens is 344 g/mol. The van der Waals surface area contributed by atoms with Crippen molar-refractivity contribution in [2.45, 2.75) is 18.9 Å². The van der Waals surface area contributed by atoms with Gasteiger partial charge >= 0.3 is 0 Å². The molecule has 2 fully saturated rings. The monoisotopic (exact) mass is 368 g/mol. The van der Waals surface area contributed by atoms with Gasteiger partial charge < -0.3 is 10.1 Å². The van der Waals surface area contributed by atoms with E-state index in [9.17, 15) is 13.2 Å². The molecule has 0 saturated carbocycles. The second-order valence-electron chi connectivity index (χ2n) is 6.64. The lowest BCUT2D eigenvalue weighted by Crippen LogP contribution is -2.55. The molecule has 25 heavy (non-hydrogen) atoms. The molecule has 0 bridgehead atoms. The largest absolute Gasteiger partial charge is 0.378 e. The minimum atomic E-state index is -3.49. The van der Waals surface area contributed by atoms with Crippen LogP contribution in [0.1, 0.15) is 12.8 Å². The van der Waals surface area contributed by atoms with Crippen LogP contribution in [0, 0.1) is 11.8 Å². The number of carbonyl (C=O) groups is 1. The average Bonchev–Trinajstić information content (AvgIpc) is 2.61. The number of pyridine rings is 1. The third-order valence-corrected chi connectivity index (χ3v) is 6.79. The first-order valence-corrected chi connectivity index (χ1v) is 9.79.